The highest BCUT2D eigenvalue weighted by molar-refractivity contribution is 5.86. The number of fused-ring (bicyclic) bond motifs is 1. The zero-order chi connectivity index (χ0) is 12.2. The number of carboxylic acid groups (broad SMARTS) is 1. The molecule has 1 saturated heterocycles. The maximum atomic E-state index is 12.2. The molecule has 3 aliphatic rings. The molecule has 2 saturated carbocycles. The quantitative estimate of drug-likeness (QED) is 0.715. The molecule has 94 valence electrons. The number of nitrogens with zero attached hydrogens (tertiary/aromatic N) is 1. The molecule has 5 heteroatoms. The molecule has 4 atom stereocenters. The lowest BCUT2D eigenvalue weighted by atomic mass is 10.0. The molecule has 0 aromatic rings. The summed E-state index contributed by atoms with van der Waals surface area (Å²) in [4.78, 5) is 24.6. The Hall–Kier alpha value is -1.10. The van der Waals surface area contributed by atoms with Gasteiger partial charge in [-0.15, -0.1) is 0 Å². The molecule has 0 aromatic heterocycles. The largest absolute Gasteiger partial charge is 0.480 e. The molecule has 3 fully saturated rings. The third-order valence-electron chi connectivity index (χ3n) is 4.44. The van der Waals surface area contributed by atoms with Crippen LogP contribution in [0.1, 0.15) is 25.7 Å². The van der Waals surface area contributed by atoms with Gasteiger partial charge in [-0.1, -0.05) is 0 Å². The van der Waals surface area contributed by atoms with Crippen LogP contribution in [0.15, 0.2) is 0 Å². The van der Waals surface area contributed by atoms with E-state index in [1.54, 1.807) is 0 Å². The van der Waals surface area contributed by atoms with E-state index in [0.717, 1.165) is 12.8 Å². The van der Waals surface area contributed by atoms with Crippen molar-refractivity contribution in [2.45, 2.75) is 37.8 Å². The predicted octanol–water partition coefficient (Wildman–Crippen LogP) is 0.0789. The highest BCUT2D eigenvalue weighted by Gasteiger charge is 2.50. The average Bonchev–Trinajstić information content (AvgIpc) is 2.74. The van der Waals surface area contributed by atoms with Gasteiger partial charge in [-0.05, 0) is 31.1 Å². The fraction of sp³-hybridized carbons (Fsp3) is 0.833. The Labute approximate surface area is 99.4 Å². The highest BCUT2D eigenvalue weighted by Crippen LogP contribution is 2.54. The summed E-state index contributed by atoms with van der Waals surface area (Å²) in [5.74, 6) is 0.365. The third kappa shape index (κ3) is 1.82. The standard InChI is InChI=1S/C12H17NO4/c14-9-4-10(12(16)17)13(5-9)11(15)8-2-6-1-7(6)3-8/h6-10,14H,1-5H2,(H,16,17)/t6?,7?,8?,9-,10-/m0/s1. The van der Waals surface area contributed by atoms with Crippen LogP contribution in [0.5, 0.6) is 0 Å². The maximum absolute atomic E-state index is 12.2. The van der Waals surface area contributed by atoms with E-state index in [2.05, 4.69) is 0 Å². The Balaban J connectivity index is 1.69. The second-order valence-corrected chi connectivity index (χ2v) is 5.66. The minimum absolute atomic E-state index is 0.00546. The van der Waals surface area contributed by atoms with E-state index in [1.807, 2.05) is 0 Å². The smallest absolute Gasteiger partial charge is 0.326 e. The molecule has 0 aromatic carbocycles. The Kier molecular flexibility index (Phi) is 2.40. The fourth-order valence-electron chi connectivity index (χ4n) is 3.44. The molecule has 17 heavy (non-hydrogen) atoms. The van der Waals surface area contributed by atoms with E-state index in [1.165, 1.54) is 11.3 Å². The van der Waals surface area contributed by atoms with Crippen molar-refractivity contribution in [3.8, 4) is 0 Å². The zero-order valence-electron chi connectivity index (χ0n) is 9.58. The van der Waals surface area contributed by atoms with Crippen LogP contribution < -0.4 is 0 Å². The van der Waals surface area contributed by atoms with Crippen molar-refractivity contribution in [3.63, 3.8) is 0 Å². The number of carbonyl (C=O) groups is 2. The first-order valence-electron chi connectivity index (χ1n) is 6.27. The zero-order valence-corrected chi connectivity index (χ0v) is 9.58. The summed E-state index contributed by atoms with van der Waals surface area (Å²) in [5, 5.41) is 18.6. The fourth-order valence-corrected chi connectivity index (χ4v) is 3.44. The molecule has 1 amide bonds. The summed E-state index contributed by atoms with van der Waals surface area (Å²) < 4.78 is 0. The first-order valence-corrected chi connectivity index (χ1v) is 6.27. The second kappa shape index (κ2) is 3.70. The molecule has 2 unspecified atom stereocenters. The Morgan fingerprint density at radius 3 is 2.29 bits per heavy atom. The highest BCUT2D eigenvalue weighted by atomic mass is 16.4. The molecular formula is C12H17NO4. The van der Waals surface area contributed by atoms with Crippen LogP contribution in [-0.2, 0) is 9.59 Å². The number of likely N-dealkylation sites (tertiary alicyclic amines) is 1. The Morgan fingerprint density at radius 1 is 1.06 bits per heavy atom. The van der Waals surface area contributed by atoms with Crippen molar-refractivity contribution < 1.29 is 19.8 Å². The number of carboxylic acids is 1. The lowest BCUT2D eigenvalue weighted by Crippen LogP contribution is -2.43. The van der Waals surface area contributed by atoms with Crippen LogP contribution in [0, 0.1) is 17.8 Å². The van der Waals surface area contributed by atoms with Gasteiger partial charge in [0.05, 0.1) is 6.10 Å². The first-order chi connectivity index (χ1) is 8.06. The average molecular weight is 239 g/mol. The molecule has 2 aliphatic carbocycles. The van der Waals surface area contributed by atoms with Gasteiger partial charge in [0.25, 0.3) is 0 Å². The molecule has 0 radical (unpaired) electrons. The molecule has 1 heterocycles. The van der Waals surface area contributed by atoms with Gasteiger partial charge in [-0.3, -0.25) is 4.79 Å². The van der Waals surface area contributed by atoms with E-state index < -0.39 is 18.1 Å². The van der Waals surface area contributed by atoms with E-state index in [9.17, 15) is 14.7 Å². The van der Waals surface area contributed by atoms with Crippen molar-refractivity contribution in [2.24, 2.45) is 17.8 Å². The van der Waals surface area contributed by atoms with E-state index >= 15 is 0 Å². The lowest BCUT2D eigenvalue weighted by Gasteiger charge is -2.25. The van der Waals surface area contributed by atoms with Crippen molar-refractivity contribution in [1.29, 1.82) is 0 Å². The van der Waals surface area contributed by atoms with E-state index in [-0.39, 0.29) is 24.8 Å². The normalized spacial score (nSPS) is 43.6. The first kappa shape index (κ1) is 11.0. The van der Waals surface area contributed by atoms with E-state index in [0.29, 0.717) is 11.8 Å². The molecular weight excluding hydrogens is 222 g/mol. The number of hydrogen-bond acceptors (Lipinski definition) is 3. The minimum atomic E-state index is -1.00. The van der Waals surface area contributed by atoms with Gasteiger partial charge in [-0.2, -0.15) is 0 Å². The summed E-state index contributed by atoms with van der Waals surface area (Å²) in [5.41, 5.74) is 0. The maximum Gasteiger partial charge on any atom is 0.326 e. The third-order valence-corrected chi connectivity index (χ3v) is 4.44. The molecule has 0 spiro atoms. The van der Waals surface area contributed by atoms with Crippen LogP contribution in [-0.4, -0.2) is 45.7 Å². The summed E-state index contributed by atoms with van der Waals surface area (Å²) >= 11 is 0. The van der Waals surface area contributed by atoms with Gasteiger partial charge >= 0.3 is 5.97 Å². The predicted molar refractivity (Wildman–Crippen MR) is 58.1 cm³/mol. The number of aliphatic hydroxyl groups is 1. The molecule has 0 bridgehead atoms. The van der Waals surface area contributed by atoms with Crippen molar-refractivity contribution in [1.82, 2.24) is 4.90 Å². The van der Waals surface area contributed by atoms with Crippen LogP contribution in [0.3, 0.4) is 0 Å². The topological polar surface area (TPSA) is 77.8 Å². The van der Waals surface area contributed by atoms with Crippen LogP contribution in [0.4, 0.5) is 0 Å². The number of aliphatic hydroxyl groups excluding tert-OH is 1. The number of rotatable bonds is 2. The molecule has 3 rings (SSSR count). The van der Waals surface area contributed by atoms with Crippen molar-refractivity contribution in [2.75, 3.05) is 6.54 Å². The molecule has 1 aliphatic heterocycles. The number of amides is 1. The van der Waals surface area contributed by atoms with Gasteiger partial charge in [0.1, 0.15) is 6.04 Å². The van der Waals surface area contributed by atoms with E-state index in [4.69, 9.17) is 5.11 Å². The monoisotopic (exact) mass is 239 g/mol. The number of carbonyl (C=O) groups excluding carboxylic acids is 1. The summed E-state index contributed by atoms with van der Waals surface area (Å²) in [6.45, 7) is 0.182. The van der Waals surface area contributed by atoms with Crippen molar-refractivity contribution in [3.05, 3.63) is 0 Å². The van der Waals surface area contributed by atoms with Gasteiger partial charge < -0.3 is 15.1 Å². The minimum Gasteiger partial charge on any atom is -0.480 e. The van der Waals surface area contributed by atoms with Crippen LogP contribution in [0.2, 0.25) is 0 Å². The number of aliphatic carboxylic acids is 1. The Morgan fingerprint density at radius 2 is 1.71 bits per heavy atom. The SMILES string of the molecule is O=C(O)[C@@H]1C[C@H](O)CN1C(=O)C1CC2CC2C1. The number of β-amino-alcohol motifs (C(OH)–C–C–N with tert-alkyl or cyclic N) is 1. The number of hydrogen-bond donors (Lipinski definition) is 2. The van der Waals surface area contributed by atoms with Gasteiger partial charge in [-0.25, -0.2) is 4.79 Å². The second-order valence-electron chi connectivity index (χ2n) is 5.66. The summed E-state index contributed by atoms with van der Waals surface area (Å²) in [6, 6.07) is -0.825. The van der Waals surface area contributed by atoms with Gasteiger partial charge in [0.2, 0.25) is 5.91 Å². The lowest BCUT2D eigenvalue weighted by molar-refractivity contribution is -0.150. The van der Waals surface area contributed by atoms with Gasteiger partial charge in [0.15, 0.2) is 0 Å². The van der Waals surface area contributed by atoms with Crippen LogP contribution >= 0.6 is 0 Å². The molecule has 5 nitrogen and oxygen atoms in total. The summed E-state index contributed by atoms with van der Waals surface area (Å²) in [6.07, 6.45) is 2.57. The van der Waals surface area contributed by atoms with Gasteiger partial charge in [0, 0.05) is 18.9 Å². The van der Waals surface area contributed by atoms with Crippen molar-refractivity contribution >= 4 is 11.9 Å². The Bertz CT molecular complexity index is 360. The summed E-state index contributed by atoms with van der Waals surface area (Å²) in [7, 11) is 0. The molecule has 2 N–H and O–H groups in total. The van der Waals surface area contributed by atoms with Crippen LogP contribution in [0.25, 0.3) is 0 Å².